The molecule has 2 aliphatic rings. The Hall–Kier alpha value is -2.87. The number of fused-ring (bicyclic) bond motifs is 1. The molecule has 1 heterocycles. The smallest absolute Gasteiger partial charge is 0.439 e. The van der Waals surface area contributed by atoms with Crippen molar-refractivity contribution in [2.45, 2.75) is 57.3 Å². The number of alkyl halides is 3. The van der Waals surface area contributed by atoms with Gasteiger partial charge in [0.2, 0.25) is 0 Å². The van der Waals surface area contributed by atoms with E-state index in [9.17, 15) is 23.1 Å². The summed E-state index contributed by atoms with van der Waals surface area (Å²) >= 11 is 0. The maximum Gasteiger partial charge on any atom is 0.439 e. The van der Waals surface area contributed by atoms with Crippen molar-refractivity contribution in [1.82, 2.24) is 5.01 Å². The van der Waals surface area contributed by atoms with E-state index in [2.05, 4.69) is 18.9 Å². The molecule has 1 aliphatic carbocycles. The third kappa shape index (κ3) is 4.19. The number of rotatable bonds is 5. The van der Waals surface area contributed by atoms with Crippen LogP contribution in [0.2, 0.25) is 0 Å². The quantitative estimate of drug-likeness (QED) is 0.642. The minimum atomic E-state index is -5.04. The minimum absolute atomic E-state index is 0.00257. The average molecular weight is 475 g/mol. The van der Waals surface area contributed by atoms with E-state index in [-0.39, 0.29) is 28.5 Å². The van der Waals surface area contributed by atoms with E-state index >= 15 is 0 Å². The summed E-state index contributed by atoms with van der Waals surface area (Å²) in [5, 5.41) is 14.8. The van der Waals surface area contributed by atoms with Crippen molar-refractivity contribution in [3.05, 3.63) is 65.7 Å². The van der Waals surface area contributed by atoms with Crippen LogP contribution in [-0.2, 0) is 10.2 Å². The standard InChI is InChI=1S/C26H29F3N2O3/c1-17-9-14-22-21(15-17)25(33,26(27,28)29)31(30-22)23(32)16-34-20-12-10-19(11-13-20)24(2,3)18-7-5-4-6-8-18/h4-8,10-13,17,21,33H,9,14-16H2,1-3H3/t17-,21-,25+/m1/s1. The molecular weight excluding hydrogens is 445 g/mol. The van der Waals surface area contributed by atoms with Gasteiger partial charge in [0.15, 0.2) is 6.61 Å². The maximum atomic E-state index is 14.0. The van der Waals surface area contributed by atoms with Crippen molar-refractivity contribution < 1.29 is 27.8 Å². The predicted molar refractivity (Wildman–Crippen MR) is 122 cm³/mol. The van der Waals surface area contributed by atoms with Gasteiger partial charge in [-0.15, -0.1) is 0 Å². The molecule has 2 aromatic rings. The second-order valence-corrected chi connectivity index (χ2v) is 9.76. The summed E-state index contributed by atoms with van der Waals surface area (Å²) in [7, 11) is 0. The van der Waals surface area contributed by atoms with Crippen LogP contribution in [0.15, 0.2) is 59.7 Å². The van der Waals surface area contributed by atoms with E-state index in [1.54, 1.807) is 12.1 Å². The fraction of sp³-hybridized carbons (Fsp3) is 0.462. The first kappa shape index (κ1) is 24.3. The summed E-state index contributed by atoms with van der Waals surface area (Å²) in [4.78, 5) is 12.8. The zero-order valence-electron chi connectivity index (χ0n) is 19.5. The minimum Gasteiger partial charge on any atom is -0.484 e. The molecule has 34 heavy (non-hydrogen) atoms. The Balaban J connectivity index is 1.47. The molecule has 1 N–H and O–H groups in total. The van der Waals surface area contributed by atoms with Gasteiger partial charge in [0.25, 0.3) is 11.6 Å². The second kappa shape index (κ2) is 8.73. The topological polar surface area (TPSA) is 62.1 Å². The number of amides is 1. The van der Waals surface area contributed by atoms with Gasteiger partial charge in [-0.25, -0.2) is 0 Å². The number of carbonyl (C=O) groups is 1. The molecule has 0 bridgehead atoms. The molecule has 4 rings (SSSR count). The van der Waals surface area contributed by atoms with Crippen LogP contribution in [0, 0.1) is 11.8 Å². The van der Waals surface area contributed by atoms with Gasteiger partial charge in [0.1, 0.15) is 5.75 Å². The molecule has 2 aromatic carbocycles. The van der Waals surface area contributed by atoms with Crippen LogP contribution in [0.25, 0.3) is 0 Å². The van der Waals surface area contributed by atoms with Gasteiger partial charge in [0, 0.05) is 11.1 Å². The molecular formula is C26H29F3N2O3. The largest absolute Gasteiger partial charge is 0.484 e. The van der Waals surface area contributed by atoms with Crippen molar-refractivity contribution in [3.8, 4) is 5.75 Å². The van der Waals surface area contributed by atoms with E-state index in [0.717, 1.165) is 11.1 Å². The highest BCUT2D eigenvalue weighted by molar-refractivity contribution is 5.93. The van der Waals surface area contributed by atoms with Gasteiger partial charge < -0.3 is 9.84 Å². The Morgan fingerprint density at radius 2 is 1.74 bits per heavy atom. The van der Waals surface area contributed by atoms with Gasteiger partial charge in [-0.1, -0.05) is 63.2 Å². The summed E-state index contributed by atoms with van der Waals surface area (Å²) < 4.78 is 47.4. The Bertz CT molecular complexity index is 1070. The fourth-order valence-corrected chi connectivity index (χ4v) is 4.85. The molecule has 0 spiro atoms. The van der Waals surface area contributed by atoms with Crippen molar-refractivity contribution in [1.29, 1.82) is 0 Å². The summed E-state index contributed by atoms with van der Waals surface area (Å²) in [5.74, 6) is -1.94. The number of benzene rings is 2. The van der Waals surface area contributed by atoms with Crippen LogP contribution >= 0.6 is 0 Å². The third-order valence-corrected chi connectivity index (χ3v) is 7.06. The number of nitrogens with zero attached hydrogens (tertiary/aromatic N) is 2. The van der Waals surface area contributed by atoms with Gasteiger partial charge in [0.05, 0.1) is 5.92 Å². The number of carbonyl (C=O) groups excluding carboxylic acids is 1. The SMILES string of the molecule is C[C@@H]1CCC2=NN(C(=O)COc3ccc(C(C)(C)c4ccccc4)cc3)[C@@](O)(C(F)(F)F)[C@@H]2C1. The number of halogens is 3. The Labute approximate surface area is 197 Å². The van der Waals surface area contributed by atoms with Crippen LogP contribution in [-0.4, -0.2) is 40.2 Å². The number of hydrogen-bond donors (Lipinski definition) is 1. The zero-order chi connectivity index (χ0) is 24.7. The molecule has 1 saturated carbocycles. The Morgan fingerprint density at radius 3 is 2.35 bits per heavy atom. The van der Waals surface area contributed by atoms with Gasteiger partial charge in [-0.05, 0) is 48.4 Å². The molecule has 0 unspecified atom stereocenters. The highest BCUT2D eigenvalue weighted by Gasteiger charge is 2.68. The first-order valence-corrected chi connectivity index (χ1v) is 11.4. The Morgan fingerprint density at radius 1 is 1.12 bits per heavy atom. The van der Waals surface area contributed by atoms with E-state index < -0.39 is 30.3 Å². The molecule has 0 aromatic heterocycles. The molecule has 1 aliphatic heterocycles. The summed E-state index contributed by atoms with van der Waals surface area (Å²) in [6.45, 7) is 5.35. The summed E-state index contributed by atoms with van der Waals surface area (Å²) in [6.07, 6.45) is -3.92. The lowest BCUT2D eigenvalue weighted by Gasteiger charge is -2.39. The monoisotopic (exact) mass is 474 g/mol. The first-order valence-electron chi connectivity index (χ1n) is 11.4. The van der Waals surface area contributed by atoms with Crippen LogP contribution in [0.1, 0.15) is 51.2 Å². The van der Waals surface area contributed by atoms with Crippen LogP contribution < -0.4 is 4.74 Å². The van der Waals surface area contributed by atoms with E-state index in [4.69, 9.17) is 4.74 Å². The number of hydrazone groups is 1. The predicted octanol–water partition coefficient (Wildman–Crippen LogP) is 5.28. The molecule has 3 atom stereocenters. The number of aliphatic hydroxyl groups is 1. The van der Waals surface area contributed by atoms with Crippen molar-refractivity contribution in [2.75, 3.05) is 6.61 Å². The van der Waals surface area contributed by atoms with Crippen LogP contribution in [0.4, 0.5) is 13.2 Å². The van der Waals surface area contributed by atoms with E-state index in [1.165, 1.54) is 0 Å². The zero-order valence-corrected chi connectivity index (χ0v) is 19.5. The van der Waals surface area contributed by atoms with Crippen molar-refractivity contribution in [3.63, 3.8) is 0 Å². The van der Waals surface area contributed by atoms with Crippen LogP contribution in [0.5, 0.6) is 5.75 Å². The Kier molecular flexibility index (Phi) is 6.23. The summed E-state index contributed by atoms with van der Waals surface area (Å²) in [6, 6.07) is 17.1. The lowest BCUT2D eigenvalue weighted by molar-refractivity contribution is -0.318. The molecule has 182 valence electrons. The highest BCUT2D eigenvalue weighted by Crippen LogP contribution is 2.49. The molecule has 0 saturated heterocycles. The molecule has 0 radical (unpaired) electrons. The second-order valence-electron chi connectivity index (χ2n) is 9.76. The molecule has 5 nitrogen and oxygen atoms in total. The van der Waals surface area contributed by atoms with Crippen LogP contribution in [0.3, 0.4) is 0 Å². The molecule has 8 heteroatoms. The van der Waals surface area contributed by atoms with E-state index in [0.29, 0.717) is 18.6 Å². The number of ether oxygens (including phenoxy) is 1. The number of hydrogen-bond acceptors (Lipinski definition) is 4. The third-order valence-electron chi connectivity index (χ3n) is 7.06. The molecule has 1 fully saturated rings. The van der Waals surface area contributed by atoms with Gasteiger partial charge in [-0.2, -0.15) is 23.3 Å². The lowest BCUT2D eigenvalue weighted by atomic mass is 9.76. The van der Waals surface area contributed by atoms with Gasteiger partial charge in [-0.3, -0.25) is 4.79 Å². The average Bonchev–Trinajstić information content (AvgIpc) is 3.11. The highest BCUT2D eigenvalue weighted by atomic mass is 19.4. The lowest BCUT2D eigenvalue weighted by Crippen LogP contribution is -2.62. The van der Waals surface area contributed by atoms with Crippen molar-refractivity contribution >= 4 is 11.6 Å². The fourth-order valence-electron chi connectivity index (χ4n) is 4.85. The van der Waals surface area contributed by atoms with Gasteiger partial charge >= 0.3 is 6.18 Å². The molecule has 1 amide bonds. The normalized spacial score (nSPS) is 25.0. The van der Waals surface area contributed by atoms with Crippen molar-refractivity contribution in [2.24, 2.45) is 16.9 Å². The van der Waals surface area contributed by atoms with E-state index in [1.807, 2.05) is 49.4 Å². The first-order chi connectivity index (χ1) is 15.9. The maximum absolute atomic E-state index is 14.0. The summed E-state index contributed by atoms with van der Waals surface area (Å²) in [5.41, 5.74) is -1.24.